The molecule has 2 atom stereocenters. The zero-order valence-electron chi connectivity index (χ0n) is 21.3. The summed E-state index contributed by atoms with van der Waals surface area (Å²) in [7, 11) is 1.58. The summed E-state index contributed by atoms with van der Waals surface area (Å²) < 4.78 is 12.9. The summed E-state index contributed by atoms with van der Waals surface area (Å²) in [5, 5.41) is 11.4. The molecule has 2 amide bonds. The summed E-state index contributed by atoms with van der Waals surface area (Å²) in [6.07, 6.45) is 1.60. The van der Waals surface area contributed by atoms with Crippen LogP contribution in [-0.2, 0) is 27.4 Å². The van der Waals surface area contributed by atoms with Crippen LogP contribution in [0.2, 0.25) is 0 Å². The fourth-order valence-electron chi connectivity index (χ4n) is 4.78. The average Bonchev–Trinajstić information content (AvgIpc) is 3.62. The van der Waals surface area contributed by atoms with Crippen molar-refractivity contribution in [2.45, 2.75) is 38.1 Å². The largest absolute Gasteiger partial charge is 0.497 e. The fourth-order valence-corrected chi connectivity index (χ4v) is 4.78. The minimum atomic E-state index is -0.889. The molecule has 3 aromatic carbocycles. The molecule has 0 radical (unpaired) electrons. The Hall–Kier alpha value is -4.24. The smallest absolute Gasteiger partial charge is 0.247 e. The minimum Gasteiger partial charge on any atom is -0.497 e. The van der Waals surface area contributed by atoms with Gasteiger partial charge in [0.2, 0.25) is 11.8 Å². The molecule has 9 nitrogen and oxygen atoms in total. The maximum atomic E-state index is 14.0. The average molecular weight is 514 g/mol. The van der Waals surface area contributed by atoms with E-state index in [4.69, 9.17) is 9.47 Å². The van der Waals surface area contributed by atoms with E-state index < -0.39 is 6.04 Å². The van der Waals surface area contributed by atoms with Crippen LogP contribution in [0.15, 0.2) is 78.9 Å². The van der Waals surface area contributed by atoms with Crippen LogP contribution >= 0.6 is 0 Å². The van der Waals surface area contributed by atoms with Gasteiger partial charge in [0.05, 0.1) is 18.7 Å². The van der Waals surface area contributed by atoms with Gasteiger partial charge in [0.1, 0.15) is 23.9 Å². The van der Waals surface area contributed by atoms with E-state index in [9.17, 15) is 9.59 Å². The van der Waals surface area contributed by atoms with E-state index in [1.807, 2.05) is 72.8 Å². The Kier molecular flexibility index (Phi) is 7.94. The molecule has 5 rings (SSSR count). The standard InChI is InChI=1S/C29H31N5O4/c1-37-23-12-7-11-22(17-23)28(29(36)30-18-21-9-3-2-4-10-21)33(19-24-13-8-16-38-24)27(35)20-34-26-15-6-5-14-25(26)31-32-34/h2-7,9-12,14-15,17,24,28H,8,13,16,18-20H2,1H3,(H,30,36)/t24-,28-/m0/s1. The summed E-state index contributed by atoms with van der Waals surface area (Å²) in [6.45, 7) is 1.21. The highest BCUT2D eigenvalue weighted by Gasteiger charge is 2.34. The molecule has 9 heteroatoms. The maximum absolute atomic E-state index is 14.0. The van der Waals surface area contributed by atoms with Crippen molar-refractivity contribution in [3.05, 3.63) is 90.0 Å². The zero-order valence-corrected chi connectivity index (χ0v) is 21.3. The Balaban J connectivity index is 1.48. The molecule has 1 fully saturated rings. The predicted molar refractivity (Wildman–Crippen MR) is 142 cm³/mol. The van der Waals surface area contributed by atoms with Crippen molar-refractivity contribution in [1.82, 2.24) is 25.2 Å². The molecular formula is C29H31N5O4. The van der Waals surface area contributed by atoms with Gasteiger partial charge in [-0.2, -0.15) is 0 Å². The Labute approximate surface area is 221 Å². The number of benzene rings is 3. The number of nitrogens with zero attached hydrogens (tertiary/aromatic N) is 4. The third-order valence-corrected chi connectivity index (χ3v) is 6.73. The second-order valence-corrected chi connectivity index (χ2v) is 9.30. The van der Waals surface area contributed by atoms with Crippen molar-refractivity contribution in [3.63, 3.8) is 0 Å². The third kappa shape index (κ3) is 5.84. The van der Waals surface area contributed by atoms with Gasteiger partial charge >= 0.3 is 0 Å². The van der Waals surface area contributed by atoms with Crippen LogP contribution in [0.4, 0.5) is 0 Å². The molecular weight excluding hydrogens is 482 g/mol. The minimum absolute atomic E-state index is 0.0559. The second-order valence-electron chi connectivity index (χ2n) is 9.30. The van der Waals surface area contributed by atoms with E-state index in [0.717, 1.165) is 23.9 Å². The van der Waals surface area contributed by atoms with Crippen LogP contribution in [0.5, 0.6) is 5.75 Å². The molecule has 0 unspecified atom stereocenters. The van der Waals surface area contributed by atoms with E-state index in [2.05, 4.69) is 15.6 Å². The van der Waals surface area contributed by atoms with E-state index in [1.165, 1.54) is 0 Å². The van der Waals surface area contributed by atoms with Crippen LogP contribution in [0.25, 0.3) is 11.0 Å². The molecule has 2 heterocycles. The lowest BCUT2D eigenvalue weighted by Gasteiger charge is -2.33. The molecule has 1 N–H and O–H groups in total. The Bertz CT molecular complexity index is 1380. The molecule has 0 aliphatic carbocycles. The van der Waals surface area contributed by atoms with E-state index in [1.54, 1.807) is 22.8 Å². The predicted octanol–water partition coefficient (Wildman–Crippen LogP) is 3.51. The summed E-state index contributed by atoms with van der Waals surface area (Å²) in [5.41, 5.74) is 3.08. The molecule has 0 bridgehead atoms. The van der Waals surface area contributed by atoms with Crippen LogP contribution in [0.1, 0.15) is 30.0 Å². The van der Waals surface area contributed by atoms with Crippen molar-refractivity contribution >= 4 is 22.8 Å². The Morgan fingerprint density at radius 3 is 2.71 bits per heavy atom. The lowest BCUT2D eigenvalue weighted by Crippen LogP contribution is -2.47. The van der Waals surface area contributed by atoms with Crippen LogP contribution in [0.3, 0.4) is 0 Å². The number of amides is 2. The number of ether oxygens (including phenoxy) is 2. The molecule has 38 heavy (non-hydrogen) atoms. The van der Waals surface area contributed by atoms with E-state index in [-0.39, 0.29) is 31.0 Å². The Morgan fingerprint density at radius 1 is 1.11 bits per heavy atom. The van der Waals surface area contributed by atoms with Gasteiger partial charge in [-0.05, 0) is 48.2 Å². The van der Waals surface area contributed by atoms with Crippen LogP contribution < -0.4 is 10.1 Å². The number of methoxy groups -OCH3 is 1. The number of carbonyl (C=O) groups is 2. The highest BCUT2D eigenvalue weighted by atomic mass is 16.5. The zero-order chi connectivity index (χ0) is 26.3. The topological polar surface area (TPSA) is 98.6 Å². The van der Waals surface area contributed by atoms with Gasteiger partial charge in [0.25, 0.3) is 0 Å². The first-order valence-corrected chi connectivity index (χ1v) is 12.8. The third-order valence-electron chi connectivity index (χ3n) is 6.73. The summed E-state index contributed by atoms with van der Waals surface area (Å²) >= 11 is 0. The normalized spacial score (nSPS) is 15.8. The first-order chi connectivity index (χ1) is 18.6. The second kappa shape index (κ2) is 11.9. The molecule has 1 aliphatic rings. The van der Waals surface area contributed by atoms with Gasteiger partial charge in [-0.25, -0.2) is 4.68 Å². The van der Waals surface area contributed by atoms with E-state index in [0.29, 0.717) is 30.0 Å². The lowest BCUT2D eigenvalue weighted by molar-refractivity contribution is -0.143. The van der Waals surface area contributed by atoms with Gasteiger partial charge in [0, 0.05) is 19.7 Å². The molecule has 4 aromatic rings. The van der Waals surface area contributed by atoms with Crippen LogP contribution in [-0.4, -0.2) is 58.1 Å². The monoisotopic (exact) mass is 513 g/mol. The summed E-state index contributed by atoms with van der Waals surface area (Å²) in [4.78, 5) is 29.4. The first kappa shape index (κ1) is 25.4. The van der Waals surface area contributed by atoms with E-state index >= 15 is 0 Å². The lowest BCUT2D eigenvalue weighted by atomic mass is 10.0. The number of hydrogen-bond acceptors (Lipinski definition) is 6. The molecule has 0 saturated carbocycles. The van der Waals surface area contributed by atoms with Crippen molar-refractivity contribution in [1.29, 1.82) is 0 Å². The number of para-hydroxylation sites is 1. The SMILES string of the molecule is COc1cccc([C@@H](C(=O)NCc2ccccc2)N(C[C@@H]2CCCO2)C(=O)Cn2nnc3ccccc32)c1. The van der Waals surface area contributed by atoms with Gasteiger partial charge in [-0.15, -0.1) is 5.10 Å². The molecule has 1 aromatic heterocycles. The van der Waals surface area contributed by atoms with Gasteiger partial charge < -0.3 is 19.7 Å². The molecule has 0 spiro atoms. The number of aromatic nitrogens is 3. The summed E-state index contributed by atoms with van der Waals surface area (Å²) in [5.74, 6) is 0.0749. The highest BCUT2D eigenvalue weighted by molar-refractivity contribution is 5.89. The van der Waals surface area contributed by atoms with Crippen molar-refractivity contribution in [2.75, 3.05) is 20.3 Å². The van der Waals surface area contributed by atoms with Gasteiger partial charge in [-0.1, -0.05) is 59.8 Å². The van der Waals surface area contributed by atoms with Gasteiger partial charge in [0.15, 0.2) is 0 Å². The van der Waals surface area contributed by atoms with Crippen molar-refractivity contribution < 1.29 is 19.1 Å². The van der Waals surface area contributed by atoms with Crippen molar-refractivity contribution in [3.8, 4) is 5.75 Å². The van der Waals surface area contributed by atoms with Crippen LogP contribution in [0, 0.1) is 0 Å². The Morgan fingerprint density at radius 2 is 1.92 bits per heavy atom. The van der Waals surface area contributed by atoms with Crippen molar-refractivity contribution in [2.24, 2.45) is 0 Å². The molecule has 1 saturated heterocycles. The molecule has 196 valence electrons. The number of fused-ring (bicyclic) bond motifs is 1. The number of hydrogen-bond donors (Lipinski definition) is 1. The highest BCUT2D eigenvalue weighted by Crippen LogP contribution is 2.28. The number of nitrogens with one attached hydrogen (secondary N) is 1. The quantitative estimate of drug-likeness (QED) is 0.349. The fraction of sp³-hybridized carbons (Fsp3) is 0.310. The number of rotatable bonds is 10. The summed E-state index contributed by atoms with van der Waals surface area (Å²) in [6, 6.07) is 23.6. The molecule has 1 aliphatic heterocycles. The number of carbonyl (C=O) groups excluding carboxylic acids is 2. The first-order valence-electron chi connectivity index (χ1n) is 12.8. The van der Waals surface area contributed by atoms with Gasteiger partial charge in [-0.3, -0.25) is 9.59 Å². The maximum Gasteiger partial charge on any atom is 0.247 e.